The minimum absolute atomic E-state index is 0.0206. The highest BCUT2D eigenvalue weighted by atomic mass is 35.5. The summed E-state index contributed by atoms with van der Waals surface area (Å²) in [4.78, 5) is 16.9. The van der Waals surface area contributed by atoms with Gasteiger partial charge in [0, 0.05) is 10.6 Å². The molecule has 0 radical (unpaired) electrons. The molecule has 0 saturated carbocycles. The van der Waals surface area contributed by atoms with E-state index >= 15 is 0 Å². The van der Waals surface area contributed by atoms with Crippen LogP contribution in [0.15, 0.2) is 29.4 Å². The summed E-state index contributed by atoms with van der Waals surface area (Å²) in [5, 5.41) is 0.453. The number of methoxy groups -OCH3 is 1. The van der Waals surface area contributed by atoms with E-state index in [4.69, 9.17) is 21.1 Å². The molecule has 0 spiro atoms. The first kappa shape index (κ1) is 19.5. The first-order valence-electron chi connectivity index (χ1n) is 7.94. The quantitative estimate of drug-likeness (QED) is 0.782. The lowest BCUT2D eigenvalue weighted by atomic mass is 10.1. The lowest BCUT2D eigenvalue weighted by Gasteiger charge is -2.19. The zero-order chi connectivity index (χ0) is 18.8. The maximum absolute atomic E-state index is 12.7. The normalized spacial score (nSPS) is 12.6. The lowest BCUT2D eigenvalue weighted by Crippen LogP contribution is -2.18. The predicted molar refractivity (Wildman–Crippen MR) is 101 cm³/mol. The van der Waals surface area contributed by atoms with Gasteiger partial charge in [0.15, 0.2) is 10.4 Å². The van der Waals surface area contributed by atoms with Crippen LogP contribution < -0.4 is 14.1 Å². The number of ether oxygens (including phenoxy) is 2. The van der Waals surface area contributed by atoms with Crippen LogP contribution in [0.5, 0.6) is 11.5 Å². The Morgan fingerprint density at radius 3 is 2.52 bits per heavy atom. The highest BCUT2D eigenvalue weighted by molar-refractivity contribution is 7.04. The molecule has 0 aliphatic heterocycles. The van der Waals surface area contributed by atoms with Crippen LogP contribution in [-0.2, 0) is 5.54 Å². The molecule has 0 atom stereocenters. The molecule has 1 heterocycles. The summed E-state index contributed by atoms with van der Waals surface area (Å²) in [6.45, 7) is 10.1. The summed E-state index contributed by atoms with van der Waals surface area (Å²) in [5.74, 6) is 0.602. The number of nitrogens with zero attached hydrogens (tertiary/aromatic N) is 2. The van der Waals surface area contributed by atoms with E-state index in [1.165, 1.54) is 18.6 Å². The van der Waals surface area contributed by atoms with Gasteiger partial charge in [0.1, 0.15) is 5.75 Å². The molecule has 1 amide bonds. The first-order valence-corrected chi connectivity index (χ1v) is 9.09. The molecule has 0 bridgehead atoms. The summed E-state index contributed by atoms with van der Waals surface area (Å²) >= 11 is 7.39. The van der Waals surface area contributed by atoms with Crippen LogP contribution in [0.2, 0.25) is 5.02 Å². The fourth-order valence-electron chi connectivity index (χ4n) is 2.07. The van der Waals surface area contributed by atoms with Gasteiger partial charge in [-0.25, -0.2) is 0 Å². The number of carbonyl (C=O) groups is 1. The number of hydrogen-bond donors (Lipinski definition) is 0. The summed E-state index contributed by atoms with van der Waals surface area (Å²) in [6.07, 6.45) is 1.86. The van der Waals surface area contributed by atoms with Gasteiger partial charge in [-0.3, -0.25) is 8.75 Å². The molecule has 25 heavy (non-hydrogen) atoms. The molecule has 136 valence electrons. The van der Waals surface area contributed by atoms with Crippen molar-refractivity contribution in [2.75, 3.05) is 7.11 Å². The molecule has 0 saturated heterocycles. The molecule has 0 N–H and O–H groups in total. The van der Waals surface area contributed by atoms with Crippen molar-refractivity contribution in [1.82, 2.24) is 3.96 Å². The maximum atomic E-state index is 12.7. The van der Waals surface area contributed by atoms with Gasteiger partial charge in [-0.2, -0.15) is 4.99 Å². The van der Waals surface area contributed by atoms with E-state index in [2.05, 4.69) is 25.8 Å². The van der Waals surface area contributed by atoms with E-state index in [1.807, 2.05) is 24.0 Å². The van der Waals surface area contributed by atoms with E-state index in [0.717, 1.165) is 0 Å². The number of amides is 1. The van der Waals surface area contributed by atoms with Gasteiger partial charge in [-0.1, -0.05) is 11.6 Å². The molecule has 1 aromatic carbocycles. The van der Waals surface area contributed by atoms with Gasteiger partial charge in [0.25, 0.3) is 5.91 Å². The van der Waals surface area contributed by atoms with Gasteiger partial charge in [0.05, 0.1) is 25.0 Å². The molecule has 2 rings (SSSR count). The second-order valence-corrected chi connectivity index (χ2v) is 8.21. The number of rotatable bonds is 4. The average molecular weight is 383 g/mol. The Labute approximate surface area is 157 Å². The summed E-state index contributed by atoms with van der Waals surface area (Å²) in [6, 6.07) is 4.88. The van der Waals surface area contributed by atoms with Crippen LogP contribution >= 0.6 is 23.1 Å². The number of halogens is 1. The zero-order valence-corrected chi connectivity index (χ0v) is 16.9. The van der Waals surface area contributed by atoms with Crippen LogP contribution in [0.3, 0.4) is 0 Å². The van der Waals surface area contributed by atoms with Crippen molar-refractivity contribution in [1.29, 1.82) is 0 Å². The van der Waals surface area contributed by atoms with E-state index in [1.54, 1.807) is 18.2 Å². The fourth-order valence-corrected chi connectivity index (χ4v) is 3.16. The Kier molecular flexibility index (Phi) is 5.95. The fraction of sp³-hybridized carbons (Fsp3) is 0.444. The Morgan fingerprint density at radius 2 is 1.96 bits per heavy atom. The predicted octanol–water partition coefficient (Wildman–Crippen LogP) is 4.49. The second kappa shape index (κ2) is 7.62. The molecule has 0 unspecified atom stereocenters. The first-order chi connectivity index (χ1) is 11.6. The smallest absolute Gasteiger partial charge is 0.282 e. The zero-order valence-electron chi connectivity index (χ0n) is 15.3. The number of carbonyl (C=O) groups excluding carboxylic acids is 1. The largest absolute Gasteiger partial charge is 0.496 e. The van der Waals surface area contributed by atoms with Crippen molar-refractivity contribution < 1.29 is 14.3 Å². The monoisotopic (exact) mass is 382 g/mol. The molecule has 1 aromatic heterocycles. The molecule has 5 nitrogen and oxygen atoms in total. The maximum Gasteiger partial charge on any atom is 0.282 e. The van der Waals surface area contributed by atoms with Crippen LogP contribution in [0.4, 0.5) is 0 Å². The van der Waals surface area contributed by atoms with Crippen LogP contribution in [0.1, 0.15) is 45.0 Å². The Hall–Kier alpha value is -1.79. The molecular weight excluding hydrogens is 360 g/mol. The molecule has 7 heteroatoms. The Morgan fingerprint density at radius 1 is 1.28 bits per heavy atom. The average Bonchev–Trinajstić information content (AvgIpc) is 2.89. The highest BCUT2D eigenvalue weighted by Gasteiger charge is 2.19. The third kappa shape index (κ3) is 4.86. The minimum Gasteiger partial charge on any atom is -0.496 e. The van der Waals surface area contributed by atoms with Crippen molar-refractivity contribution in [3.63, 3.8) is 0 Å². The van der Waals surface area contributed by atoms with Gasteiger partial charge < -0.3 is 9.47 Å². The van der Waals surface area contributed by atoms with Crippen molar-refractivity contribution in [2.45, 2.75) is 46.3 Å². The molecular formula is C18H23ClN2O3S. The van der Waals surface area contributed by atoms with E-state index < -0.39 is 5.91 Å². The van der Waals surface area contributed by atoms with E-state index in [9.17, 15) is 4.79 Å². The van der Waals surface area contributed by atoms with Crippen molar-refractivity contribution >= 4 is 29.0 Å². The SMILES string of the molecule is COc1ccc(Cl)cc1C(=O)N=c1sn(C(C)(C)C)cc1OC(C)C. The van der Waals surface area contributed by atoms with Crippen molar-refractivity contribution in [2.24, 2.45) is 4.99 Å². The topological polar surface area (TPSA) is 52.8 Å². The number of hydrogen-bond acceptors (Lipinski definition) is 4. The molecule has 0 fully saturated rings. The third-order valence-corrected chi connectivity index (χ3v) is 4.80. The highest BCUT2D eigenvalue weighted by Crippen LogP contribution is 2.24. The Bertz CT molecular complexity index is 832. The van der Waals surface area contributed by atoms with Crippen LogP contribution in [0.25, 0.3) is 0 Å². The molecule has 2 aromatic rings. The number of benzene rings is 1. The number of aromatic nitrogens is 1. The summed E-state index contributed by atoms with van der Waals surface area (Å²) < 4.78 is 13.6. The van der Waals surface area contributed by atoms with Gasteiger partial charge in [-0.05, 0) is 64.4 Å². The van der Waals surface area contributed by atoms with Crippen LogP contribution in [0, 0.1) is 0 Å². The van der Waals surface area contributed by atoms with E-state index in [0.29, 0.717) is 26.8 Å². The molecule has 0 aliphatic rings. The Balaban J connectivity index is 2.54. The van der Waals surface area contributed by atoms with Crippen molar-refractivity contribution in [3.05, 3.63) is 39.7 Å². The summed E-state index contributed by atoms with van der Waals surface area (Å²) in [5.41, 5.74) is 0.186. The molecule has 0 aliphatic carbocycles. The van der Waals surface area contributed by atoms with E-state index in [-0.39, 0.29) is 11.6 Å². The minimum atomic E-state index is -0.420. The van der Waals surface area contributed by atoms with Crippen LogP contribution in [-0.4, -0.2) is 23.1 Å². The standard InChI is InChI=1S/C18H23ClN2O3S/c1-11(2)24-15-10-21(18(3,4)5)25-17(15)20-16(22)13-9-12(19)7-8-14(13)23-6/h7-11H,1-6H3. The van der Waals surface area contributed by atoms with Gasteiger partial charge >= 0.3 is 0 Å². The lowest BCUT2D eigenvalue weighted by molar-refractivity contribution is 0.0995. The van der Waals surface area contributed by atoms with Crippen molar-refractivity contribution in [3.8, 4) is 11.5 Å². The summed E-state index contributed by atoms with van der Waals surface area (Å²) in [7, 11) is 1.51. The van der Waals surface area contributed by atoms with Gasteiger partial charge in [0.2, 0.25) is 0 Å². The third-order valence-electron chi connectivity index (χ3n) is 3.25. The van der Waals surface area contributed by atoms with Gasteiger partial charge in [-0.15, -0.1) is 0 Å². The second-order valence-electron chi connectivity index (χ2n) is 6.81.